The topological polar surface area (TPSA) is 77.4 Å². The Morgan fingerprint density at radius 3 is 1.52 bits per heavy atom. The van der Waals surface area contributed by atoms with Crippen LogP contribution in [0.2, 0.25) is 0 Å². The standard InChI is InChI=1S/C14H19BO4.C9H9BrO2/c1-13(2)7-18-15(19-8-13)12-5-3-11(4-6-12)14(16)9-17-10-14;10-8-3-1-7(2-4-8)9(11)5-12-6-9/h3-6,16H,7-10H2,1-2H3;1-4,11H,5-6H2. The van der Waals surface area contributed by atoms with Crippen LogP contribution in [0.3, 0.4) is 0 Å². The van der Waals surface area contributed by atoms with Gasteiger partial charge in [-0.2, -0.15) is 0 Å². The zero-order valence-electron chi connectivity index (χ0n) is 17.8. The van der Waals surface area contributed by atoms with Crippen LogP contribution < -0.4 is 5.46 Å². The predicted molar refractivity (Wildman–Crippen MR) is 121 cm³/mol. The third-order valence-corrected chi connectivity index (χ3v) is 6.24. The number of hydrogen-bond acceptors (Lipinski definition) is 6. The first-order valence-corrected chi connectivity index (χ1v) is 11.2. The van der Waals surface area contributed by atoms with Gasteiger partial charge in [0.2, 0.25) is 0 Å². The Balaban J connectivity index is 0.000000166. The van der Waals surface area contributed by atoms with Crippen molar-refractivity contribution in [3.8, 4) is 0 Å². The minimum absolute atomic E-state index is 0.0782. The van der Waals surface area contributed by atoms with Crippen LogP contribution in [0.15, 0.2) is 53.0 Å². The molecule has 3 aliphatic heterocycles. The van der Waals surface area contributed by atoms with Gasteiger partial charge in [0.25, 0.3) is 0 Å². The van der Waals surface area contributed by atoms with Gasteiger partial charge in [-0.05, 0) is 28.7 Å². The summed E-state index contributed by atoms with van der Waals surface area (Å²) in [6.45, 7) is 7.20. The number of aliphatic hydroxyl groups is 2. The quantitative estimate of drug-likeness (QED) is 0.643. The predicted octanol–water partition coefficient (Wildman–Crippen LogP) is 2.34. The molecule has 3 aliphatic rings. The maximum absolute atomic E-state index is 10.2. The SMILES string of the molecule is CC1(C)COB(c2ccc(C3(O)COC3)cc2)OC1.OC1(c2ccc(Br)cc2)COC1. The van der Waals surface area contributed by atoms with Gasteiger partial charge in [-0.1, -0.05) is 66.2 Å². The molecule has 5 rings (SSSR count). The van der Waals surface area contributed by atoms with Gasteiger partial charge < -0.3 is 29.0 Å². The van der Waals surface area contributed by atoms with Crippen molar-refractivity contribution in [2.24, 2.45) is 5.41 Å². The number of rotatable bonds is 3. The third-order valence-electron chi connectivity index (χ3n) is 5.72. The molecule has 0 saturated carbocycles. The van der Waals surface area contributed by atoms with Crippen molar-refractivity contribution in [3.63, 3.8) is 0 Å². The van der Waals surface area contributed by atoms with Crippen LogP contribution in [0.4, 0.5) is 0 Å². The highest BCUT2D eigenvalue weighted by Crippen LogP contribution is 2.30. The Morgan fingerprint density at radius 2 is 1.13 bits per heavy atom. The molecule has 3 fully saturated rings. The Hall–Kier alpha value is -1.26. The fraction of sp³-hybridized carbons (Fsp3) is 0.478. The molecule has 0 amide bonds. The van der Waals surface area contributed by atoms with E-state index >= 15 is 0 Å². The Labute approximate surface area is 191 Å². The van der Waals surface area contributed by atoms with Crippen molar-refractivity contribution in [3.05, 3.63) is 64.1 Å². The minimum Gasteiger partial charge on any atom is -0.407 e. The molecule has 0 aliphatic carbocycles. The van der Waals surface area contributed by atoms with E-state index in [1.54, 1.807) is 0 Å². The molecule has 8 heteroatoms. The molecule has 31 heavy (non-hydrogen) atoms. The highest BCUT2D eigenvalue weighted by atomic mass is 79.9. The molecule has 0 radical (unpaired) electrons. The largest absolute Gasteiger partial charge is 0.493 e. The average molecular weight is 491 g/mol. The van der Waals surface area contributed by atoms with E-state index in [0.29, 0.717) is 39.6 Å². The second kappa shape index (κ2) is 8.94. The lowest BCUT2D eigenvalue weighted by atomic mass is 9.75. The van der Waals surface area contributed by atoms with Crippen LogP contribution in [0, 0.1) is 5.41 Å². The Morgan fingerprint density at radius 1 is 0.710 bits per heavy atom. The summed E-state index contributed by atoms with van der Waals surface area (Å²) < 4.78 is 22.5. The highest BCUT2D eigenvalue weighted by molar-refractivity contribution is 9.10. The van der Waals surface area contributed by atoms with Gasteiger partial charge in [0.15, 0.2) is 0 Å². The second-order valence-corrected chi connectivity index (χ2v) is 10.2. The summed E-state index contributed by atoms with van der Waals surface area (Å²) in [4.78, 5) is 0. The van der Waals surface area contributed by atoms with E-state index in [4.69, 9.17) is 18.8 Å². The number of benzene rings is 2. The van der Waals surface area contributed by atoms with Gasteiger partial charge in [-0.25, -0.2) is 0 Å². The van der Waals surface area contributed by atoms with E-state index in [9.17, 15) is 10.2 Å². The molecule has 166 valence electrons. The fourth-order valence-corrected chi connectivity index (χ4v) is 3.78. The Kier molecular flexibility index (Phi) is 6.61. The molecule has 6 nitrogen and oxygen atoms in total. The van der Waals surface area contributed by atoms with Crippen LogP contribution in [0.1, 0.15) is 25.0 Å². The smallest absolute Gasteiger partial charge is 0.407 e. The van der Waals surface area contributed by atoms with Crippen LogP contribution >= 0.6 is 15.9 Å². The molecule has 2 aromatic carbocycles. The summed E-state index contributed by atoms with van der Waals surface area (Å²) in [5, 5.41) is 20.0. The lowest BCUT2D eigenvalue weighted by molar-refractivity contribution is -0.184. The molecule has 0 spiro atoms. The van der Waals surface area contributed by atoms with Crippen molar-refractivity contribution < 1.29 is 29.0 Å². The molecule has 3 saturated heterocycles. The number of hydrogen-bond donors (Lipinski definition) is 2. The molecule has 0 atom stereocenters. The zero-order valence-corrected chi connectivity index (χ0v) is 19.4. The number of ether oxygens (including phenoxy) is 2. The summed E-state index contributed by atoms with van der Waals surface area (Å²) in [5.41, 5.74) is 1.34. The lowest BCUT2D eigenvalue weighted by Gasteiger charge is -2.37. The van der Waals surface area contributed by atoms with E-state index in [0.717, 1.165) is 21.1 Å². The zero-order chi connectivity index (χ0) is 22.1. The van der Waals surface area contributed by atoms with Crippen LogP contribution in [-0.4, -0.2) is 57.0 Å². The number of halogens is 1. The fourth-order valence-electron chi connectivity index (χ4n) is 3.52. The molecule has 0 aromatic heterocycles. The van der Waals surface area contributed by atoms with Crippen LogP contribution in [0.25, 0.3) is 0 Å². The molecule has 0 unspecified atom stereocenters. The van der Waals surface area contributed by atoms with E-state index in [2.05, 4.69) is 29.8 Å². The van der Waals surface area contributed by atoms with E-state index in [-0.39, 0.29) is 12.5 Å². The molecule has 0 bridgehead atoms. The van der Waals surface area contributed by atoms with Crippen molar-refractivity contribution in [2.75, 3.05) is 39.6 Å². The van der Waals surface area contributed by atoms with Gasteiger partial charge in [-0.15, -0.1) is 0 Å². The normalized spacial score (nSPS) is 23.1. The first-order chi connectivity index (χ1) is 14.7. The van der Waals surface area contributed by atoms with E-state index in [1.165, 1.54) is 0 Å². The molecule has 2 N–H and O–H groups in total. The molecular formula is C23H28BBrO6. The summed E-state index contributed by atoms with van der Waals surface area (Å²) >= 11 is 3.34. The summed E-state index contributed by atoms with van der Waals surface area (Å²) in [5.74, 6) is 0. The average Bonchev–Trinajstić information content (AvgIpc) is 2.71. The van der Waals surface area contributed by atoms with Crippen molar-refractivity contribution in [2.45, 2.75) is 25.0 Å². The van der Waals surface area contributed by atoms with E-state index < -0.39 is 11.2 Å². The molecule has 3 heterocycles. The summed E-state index contributed by atoms with van der Waals surface area (Å²) in [6, 6.07) is 15.4. The van der Waals surface area contributed by atoms with Gasteiger partial charge in [0, 0.05) is 23.1 Å². The summed E-state index contributed by atoms with van der Waals surface area (Å²) in [6.07, 6.45) is 0. The van der Waals surface area contributed by atoms with Gasteiger partial charge in [0.1, 0.15) is 11.2 Å². The Bertz CT molecular complexity index is 868. The lowest BCUT2D eigenvalue weighted by Crippen LogP contribution is -2.48. The maximum Gasteiger partial charge on any atom is 0.493 e. The first-order valence-electron chi connectivity index (χ1n) is 10.4. The molecular weight excluding hydrogens is 463 g/mol. The van der Waals surface area contributed by atoms with Crippen molar-refractivity contribution >= 4 is 28.5 Å². The third kappa shape index (κ3) is 5.22. The van der Waals surface area contributed by atoms with Gasteiger partial charge >= 0.3 is 7.12 Å². The van der Waals surface area contributed by atoms with Crippen LogP contribution in [0.5, 0.6) is 0 Å². The van der Waals surface area contributed by atoms with E-state index in [1.807, 2.05) is 48.5 Å². The second-order valence-electron chi connectivity index (χ2n) is 9.30. The summed E-state index contributed by atoms with van der Waals surface area (Å²) in [7, 11) is -0.297. The minimum atomic E-state index is -0.811. The molecule has 2 aromatic rings. The maximum atomic E-state index is 10.2. The monoisotopic (exact) mass is 490 g/mol. The van der Waals surface area contributed by atoms with Crippen molar-refractivity contribution in [1.82, 2.24) is 0 Å². The highest BCUT2D eigenvalue weighted by Gasteiger charge is 2.39. The van der Waals surface area contributed by atoms with Crippen molar-refractivity contribution in [1.29, 1.82) is 0 Å². The van der Waals surface area contributed by atoms with Gasteiger partial charge in [-0.3, -0.25) is 0 Å². The van der Waals surface area contributed by atoms with Gasteiger partial charge in [0.05, 0.1) is 26.4 Å². The van der Waals surface area contributed by atoms with Crippen LogP contribution in [-0.2, 0) is 30.0 Å². The first kappa shape index (κ1) is 22.9.